The normalized spacial score (nSPS) is 24.2. The van der Waals surface area contributed by atoms with Crippen molar-refractivity contribution in [3.63, 3.8) is 0 Å². The third-order valence-corrected chi connectivity index (χ3v) is 3.14. The van der Waals surface area contributed by atoms with Crippen LogP contribution in [0, 0.1) is 0 Å². The fourth-order valence-corrected chi connectivity index (χ4v) is 1.80. The van der Waals surface area contributed by atoms with Gasteiger partial charge >= 0.3 is 0 Å². The molecule has 0 radical (unpaired) electrons. The van der Waals surface area contributed by atoms with Crippen LogP contribution in [0.4, 0.5) is 0 Å². The Balaban J connectivity index is 2.17. The Kier molecular flexibility index (Phi) is 4.20. The molecule has 0 saturated heterocycles. The number of rotatable bonds is 4. The molecule has 0 heterocycles. The quantitative estimate of drug-likeness (QED) is 0.702. The van der Waals surface area contributed by atoms with Crippen LogP contribution in [0.15, 0.2) is 0 Å². The monoisotopic (exact) mass is 185 g/mol. The molecule has 78 valence electrons. The van der Waals surface area contributed by atoms with Gasteiger partial charge in [-0.25, -0.2) is 0 Å². The van der Waals surface area contributed by atoms with Gasteiger partial charge in [0.1, 0.15) is 0 Å². The van der Waals surface area contributed by atoms with Gasteiger partial charge in [0.05, 0.1) is 5.60 Å². The minimum atomic E-state index is -0.516. The maximum atomic E-state index is 9.79. The van der Waals surface area contributed by atoms with Gasteiger partial charge < -0.3 is 10.4 Å². The predicted molar refractivity (Wildman–Crippen MR) is 55.8 cm³/mol. The number of hydrogen-bond donors (Lipinski definition) is 2. The molecule has 2 heteroatoms. The summed E-state index contributed by atoms with van der Waals surface area (Å²) < 4.78 is 0. The van der Waals surface area contributed by atoms with Gasteiger partial charge in [-0.05, 0) is 26.2 Å². The molecule has 0 aliphatic heterocycles. The Morgan fingerprint density at radius 2 is 1.92 bits per heavy atom. The molecule has 1 saturated carbocycles. The van der Waals surface area contributed by atoms with E-state index in [1.165, 1.54) is 32.1 Å². The second-order valence-electron chi connectivity index (χ2n) is 4.57. The van der Waals surface area contributed by atoms with Gasteiger partial charge in [-0.3, -0.25) is 0 Å². The van der Waals surface area contributed by atoms with Crippen LogP contribution in [0.1, 0.15) is 52.4 Å². The van der Waals surface area contributed by atoms with Crippen LogP contribution in [0.3, 0.4) is 0 Å². The van der Waals surface area contributed by atoms with Crippen LogP contribution < -0.4 is 5.32 Å². The van der Waals surface area contributed by atoms with Gasteiger partial charge in [-0.2, -0.15) is 0 Å². The van der Waals surface area contributed by atoms with E-state index in [1.807, 2.05) is 13.8 Å². The van der Waals surface area contributed by atoms with E-state index < -0.39 is 5.60 Å². The summed E-state index contributed by atoms with van der Waals surface area (Å²) in [7, 11) is 0. The molecule has 0 aromatic carbocycles. The highest BCUT2D eigenvalue weighted by atomic mass is 16.3. The zero-order valence-electron chi connectivity index (χ0n) is 8.97. The minimum absolute atomic E-state index is 0.516. The van der Waals surface area contributed by atoms with Crippen LogP contribution in [-0.2, 0) is 0 Å². The molecule has 2 nitrogen and oxygen atoms in total. The topological polar surface area (TPSA) is 32.3 Å². The lowest BCUT2D eigenvalue weighted by molar-refractivity contribution is 0.0513. The van der Waals surface area contributed by atoms with E-state index in [9.17, 15) is 5.11 Å². The molecule has 1 aliphatic carbocycles. The number of hydrogen-bond acceptors (Lipinski definition) is 2. The Bertz CT molecular complexity index is 139. The first-order chi connectivity index (χ1) is 6.14. The summed E-state index contributed by atoms with van der Waals surface area (Å²) in [5, 5.41) is 13.3. The summed E-state index contributed by atoms with van der Waals surface area (Å²) in [6.45, 7) is 4.68. The lowest BCUT2D eigenvalue weighted by Crippen LogP contribution is -2.42. The molecular formula is C11H23NO. The number of aliphatic hydroxyl groups is 1. The van der Waals surface area contributed by atoms with Gasteiger partial charge in [-0.1, -0.05) is 26.2 Å². The first kappa shape index (κ1) is 11.0. The van der Waals surface area contributed by atoms with Gasteiger partial charge in [-0.15, -0.1) is 0 Å². The van der Waals surface area contributed by atoms with Crippen molar-refractivity contribution in [2.24, 2.45) is 0 Å². The van der Waals surface area contributed by atoms with E-state index in [0.717, 1.165) is 13.0 Å². The average molecular weight is 185 g/mol. The van der Waals surface area contributed by atoms with Crippen molar-refractivity contribution < 1.29 is 5.11 Å². The van der Waals surface area contributed by atoms with Gasteiger partial charge in [0.25, 0.3) is 0 Å². The van der Waals surface area contributed by atoms with Crippen LogP contribution >= 0.6 is 0 Å². The summed E-state index contributed by atoms with van der Waals surface area (Å²) in [6.07, 6.45) is 7.51. The lowest BCUT2D eigenvalue weighted by atomic mass is 9.94. The molecule has 0 spiro atoms. The van der Waals surface area contributed by atoms with Crippen LogP contribution in [0.2, 0.25) is 0 Å². The maximum absolute atomic E-state index is 9.79. The summed E-state index contributed by atoms with van der Waals surface area (Å²) >= 11 is 0. The zero-order valence-corrected chi connectivity index (χ0v) is 8.97. The molecule has 1 rings (SSSR count). The Morgan fingerprint density at radius 3 is 2.46 bits per heavy atom. The van der Waals surface area contributed by atoms with Crippen molar-refractivity contribution in [1.29, 1.82) is 0 Å². The summed E-state index contributed by atoms with van der Waals surface area (Å²) in [5.41, 5.74) is -0.516. The van der Waals surface area contributed by atoms with Crippen molar-refractivity contribution in [2.75, 3.05) is 6.54 Å². The summed E-state index contributed by atoms with van der Waals surface area (Å²) in [5.74, 6) is 0. The molecule has 1 fully saturated rings. The second-order valence-corrected chi connectivity index (χ2v) is 4.57. The molecule has 0 amide bonds. The molecule has 0 aromatic rings. The standard InChI is InChI=1S/C11H23NO/c1-3-11(2,13)9-12-10-7-5-4-6-8-10/h10,12-13H,3-9H2,1-2H3. The minimum Gasteiger partial charge on any atom is -0.389 e. The van der Waals surface area contributed by atoms with E-state index in [0.29, 0.717) is 6.04 Å². The molecular weight excluding hydrogens is 162 g/mol. The van der Waals surface area contributed by atoms with E-state index in [1.54, 1.807) is 0 Å². The lowest BCUT2D eigenvalue weighted by Gasteiger charge is -2.28. The molecule has 1 atom stereocenters. The third kappa shape index (κ3) is 4.10. The van der Waals surface area contributed by atoms with E-state index in [2.05, 4.69) is 5.32 Å². The fourth-order valence-electron chi connectivity index (χ4n) is 1.80. The molecule has 1 unspecified atom stereocenters. The highest BCUT2D eigenvalue weighted by Crippen LogP contribution is 2.18. The molecule has 0 bridgehead atoms. The second kappa shape index (κ2) is 4.97. The van der Waals surface area contributed by atoms with Crippen LogP contribution in [-0.4, -0.2) is 23.3 Å². The number of nitrogens with one attached hydrogen (secondary N) is 1. The molecule has 13 heavy (non-hydrogen) atoms. The van der Waals surface area contributed by atoms with Gasteiger partial charge in [0.15, 0.2) is 0 Å². The Morgan fingerprint density at radius 1 is 1.31 bits per heavy atom. The first-order valence-electron chi connectivity index (χ1n) is 5.60. The van der Waals surface area contributed by atoms with Crippen LogP contribution in [0.5, 0.6) is 0 Å². The largest absolute Gasteiger partial charge is 0.389 e. The van der Waals surface area contributed by atoms with E-state index in [4.69, 9.17) is 0 Å². The highest BCUT2D eigenvalue weighted by Gasteiger charge is 2.20. The van der Waals surface area contributed by atoms with Crippen molar-refractivity contribution in [3.8, 4) is 0 Å². The summed E-state index contributed by atoms with van der Waals surface area (Å²) in [6, 6.07) is 0.659. The van der Waals surface area contributed by atoms with Gasteiger partial charge in [0, 0.05) is 12.6 Å². The fraction of sp³-hybridized carbons (Fsp3) is 1.00. The average Bonchev–Trinajstić information content (AvgIpc) is 2.17. The maximum Gasteiger partial charge on any atom is 0.0741 e. The molecule has 1 aliphatic rings. The van der Waals surface area contributed by atoms with E-state index >= 15 is 0 Å². The first-order valence-corrected chi connectivity index (χ1v) is 5.60. The molecule has 2 N–H and O–H groups in total. The summed E-state index contributed by atoms with van der Waals surface area (Å²) in [4.78, 5) is 0. The SMILES string of the molecule is CCC(C)(O)CNC1CCCCC1. The third-order valence-electron chi connectivity index (χ3n) is 3.14. The van der Waals surface area contributed by atoms with E-state index in [-0.39, 0.29) is 0 Å². The molecule has 0 aromatic heterocycles. The predicted octanol–water partition coefficient (Wildman–Crippen LogP) is 2.07. The zero-order chi connectivity index (χ0) is 9.73. The van der Waals surface area contributed by atoms with Crippen molar-refractivity contribution in [2.45, 2.75) is 64.0 Å². The smallest absolute Gasteiger partial charge is 0.0741 e. The Hall–Kier alpha value is -0.0800. The van der Waals surface area contributed by atoms with Gasteiger partial charge in [0.2, 0.25) is 0 Å². The van der Waals surface area contributed by atoms with Crippen molar-refractivity contribution >= 4 is 0 Å². The highest BCUT2D eigenvalue weighted by molar-refractivity contribution is 4.78. The van der Waals surface area contributed by atoms with Crippen molar-refractivity contribution in [1.82, 2.24) is 5.32 Å². The van der Waals surface area contributed by atoms with Crippen LogP contribution in [0.25, 0.3) is 0 Å². The van der Waals surface area contributed by atoms with Crippen molar-refractivity contribution in [3.05, 3.63) is 0 Å². The Labute approximate surface area is 81.7 Å².